The van der Waals surface area contributed by atoms with E-state index < -0.39 is 10.0 Å². The van der Waals surface area contributed by atoms with Gasteiger partial charge in [-0.1, -0.05) is 29.4 Å². The normalized spacial score (nSPS) is 25.4. The monoisotopic (exact) mass is 332 g/mol. The number of rotatable bonds is 3. The van der Waals surface area contributed by atoms with Gasteiger partial charge < -0.3 is 4.52 Å². The van der Waals surface area contributed by atoms with Gasteiger partial charge >= 0.3 is 0 Å². The summed E-state index contributed by atoms with van der Waals surface area (Å²) >= 11 is 0. The van der Waals surface area contributed by atoms with Crippen LogP contribution in [0.15, 0.2) is 41.1 Å². The Kier molecular flexibility index (Phi) is 3.73. The topological polar surface area (TPSA) is 63.4 Å². The van der Waals surface area contributed by atoms with E-state index in [1.54, 1.807) is 10.6 Å². The molecule has 0 amide bonds. The van der Waals surface area contributed by atoms with Gasteiger partial charge in [-0.25, -0.2) is 12.7 Å². The van der Waals surface area contributed by atoms with Crippen LogP contribution in [0.5, 0.6) is 0 Å². The van der Waals surface area contributed by atoms with Crippen LogP contribution in [-0.4, -0.2) is 36.2 Å². The molecule has 5 nitrogen and oxygen atoms in total. The second kappa shape index (κ2) is 5.76. The van der Waals surface area contributed by atoms with Gasteiger partial charge in [-0.2, -0.15) is 0 Å². The summed E-state index contributed by atoms with van der Waals surface area (Å²) in [7, 11) is -3.25. The first-order valence-corrected chi connectivity index (χ1v) is 9.61. The minimum Gasteiger partial charge on any atom is -0.365 e. The fourth-order valence-corrected chi connectivity index (χ4v) is 5.74. The standard InChI is InChI=1S/C17H20N2O3S/c20-23(21,16-6-5-13-3-1-2-4-14(13)11-16)19-9-7-15(12-19)17-8-10-22-18-17/h1-4,8,10,15-16H,5-7,9,11-12H2. The van der Waals surface area contributed by atoms with Gasteiger partial charge in [0.1, 0.15) is 6.26 Å². The predicted molar refractivity (Wildman–Crippen MR) is 86.6 cm³/mol. The van der Waals surface area contributed by atoms with E-state index in [1.165, 1.54) is 11.1 Å². The van der Waals surface area contributed by atoms with E-state index in [0.29, 0.717) is 25.9 Å². The van der Waals surface area contributed by atoms with E-state index in [4.69, 9.17) is 4.52 Å². The maximum atomic E-state index is 13.0. The van der Waals surface area contributed by atoms with Crippen molar-refractivity contribution in [3.8, 4) is 0 Å². The van der Waals surface area contributed by atoms with Gasteiger partial charge in [-0.15, -0.1) is 0 Å². The van der Waals surface area contributed by atoms with Crippen molar-refractivity contribution in [3.63, 3.8) is 0 Å². The highest BCUT2D eigenvalue weighted by atomic mass is 32.2. The average molecular weight is 332 g/mol. The summed E-state index contributed by atoms with van der Waals surface area (Å²) in [5.74, 6) is 0.152. The number of sulfonamides is 1. The second-order valence-corrected chi connectivity index (χ2v) is 8.66. The Bertz CT molecular complexity index is 786. The molecular weight excluding hydrogens is 312 g/mol. The number of nitrogens with zero attached hydrogens (tertiary/aromatic N) is 2. The lowest BCUT2D eigenvalue weighted by atomic mass is 9.92. The summed E-state index contributed by atoms with van der Waals surface area (Å²) in [5, 5.41) is 3.66. The molecule has 0 N–H and O–H groups in total. The summed E-state index contributed by atoms with van der Waals surface area (Å²) in [5.41, 5.74) is 3.33. The highest BCUT2D eigenvalue weighted by molar-refractivity contribution is 7.89. The SMILES string of the molecule is O=S(=O)(C1CCc2ccccc2C1)N1CCC(c2ccon2)C1. The summed E-state index contributed by atoms with van der Waals surface area (Å²) in [6, 6.07) is 10.0. The number of aromatic nitrogens is 1. The predicted octanol–water partition coefficient (Wildman–Crippen LogP) is 2.35. The van der Waals surface area contributed by atoms with Crippen LogP contribution in [0.2, 0.25) is 0 Å². The minimum absolute atomic E-state index is 0.152. The van der Waals surface area contributed by atoms with Crippen molar-refractivity contribution in [2.24, 2.45) is 0 Å². The number of hydrogen-bond donors (Lipinski definition) is 0. The quantitative estimate of drug-likeness (QED) is 0.865. The number of fused-ring (bicyclic) bond motifs is 1. The fraction of sp³-hybridized carbons (Fsp3) is 0.471. The lowest BCUT2D eigenvalue weighted by molar-refractivity contribution is 0.403. The molecule has 0 saturated carbocycles. The van der Waals surface area contributed by atoms with Crippen LogP contribution < -0.4 is 0 Å². The Morgan fingerprint density at radius 3 is 2.74 bits per heavy atom. The zero-order valence-corrected chi connectivity index (χ0v) is 13.7. The summed E-state index contributed by atoms with van der Waals surface area (Å²) in [4.78, 5) is 0. The molecular formula is C17H20N2O3S. The molecule has 1 saturated heterocycles. The summed E-state index contributed by atoms with van der Waals surface area (Å²) in [6.45, 7) is 1.10. The molecule has 2 aromatic rings. The lowest BCUT2D eigenvalue weighted by Gasteiger charge is -2.28. The first kappa shape index (κ1) is 14.9. The molecule has 1 fully saturated rings. The molecule has 0 spiro atoms. The van der Waals surface area contributed by atoms with Gasteiger partial charge in [0.25, 0.3) is 0 Å². The van der Waals surface area contributed by atoms with Crippen molar-refractivity contribution in [1.29, 1.82) is 0 Å². The van der Waals surface area contributed by atoms with E-state index in [1.807, 2.05) is 18.2 Å². The molecule has 0 bridgehead atoms. The molecule has 1 aromatic heterocycles. The van der Waals surface area contributed by atoms with Crippen molar-refractivity contribution in [2.75, 3.05) is 13.1 Å². The largest absolute Gasteiger partial charge is 0.365 e. The number of benzene rings is 1. The molecule has 122 valence electrons. The Morgan fingerprint density at radius 2 is 1.96 bits per heavy atom. The highest BCUT2D eigenvalue weighted by Gasteiger charge is 2.39. The lowest BCUT2D eigenvalue weighted by Crippen LogP contribution is -2.40. The molecule has 1 aliphatic carbocycles. The molecule has 23 heavy (non-hydrogen) atoms. The highest BCUT2D eigenvalue weighted by Crippen LogP contribution is 2.32. The van der Waals surface area contributed by atoms with Crippen LogP contribution in [0, 0.1) is 0 Å². The third kappa shape index (κ3) is 2.70. The van der Waals surface area contributed by atoms with Gasteiger partial charge in [0.2, 0.25) is 10.0 Å². The van der Waals surface area contributed by atoms with Crippen molar-refractivity contribution < 1.29 is 12.9 Å². The molecule has 0 radical (unpaired) electrons. The molecule has 1 aromatic carbocycles. The van der Waals surface area contributed by atoms with Crippen LogP contribution in [0.4, 0.5) is 0 Å². The van der Waals surface area contributed by atoms with Crippen LogP contribution >= 0.6 is 0 Å². The summed E-state index contributed by atoms with van der Waals surface area (Å²) < 4.78 is 32.5. The van der Waals surface area contributed by atoms with Gasteiger partial charge in [0, 0.05) is 25.1 Å². The molecule has 2 atom stereocenters. The van der Waals surface area contributed by atoms with E-state index in [0.717, 1.165) is 18.5 Å². The first-order chi connectivity index (χ1) is 11.1. The van der Waals surface area contributed by atoms with Crippen LogP contribution in [-0.2, 0) is 22.9 Å². The first-order valence-electron chi connectivity index (χ1n) is 8.10. The maximum absolute atomic E-state index is 13.0. The van der Waals surface area contributed by atoms with Crippen molar-refractivity contribution >= 4 is 10.0 Å². The smallest absolute Gasteiger partial charge is 0.217 e. The number of hydrogen-bond acceptors (Lipinski definition) is 4. The van der Waals surface area contributed by atoms with Gasteiger partial charge in [-0.3, -0.25) is 0 Å². The molecule has 1 aliphatic heterocycles. The molecule has 2 heterocycles. The number of aryl methyl sites for hydroxylation is 1. The van der Waals surface area contributed by atoms with Crippen molar-refractivity contribution in [1.82, 2.24) is 9.46 Å². The Labute approximate surface area is 136 Å². The second-order valence-electron chi connectivity index (χ2n) is 6.45. The Morgan fingerprint density at radius 1 is 1.13 bits per heavy atom. The molecule has 2 unspecified atom stereocenters. The minimum atomic E-state index is -3.25. The third-order valence-electron chi connectivity index (χ3n) is 5.11. The van der Waals surface area contributed by atoms with Crippen LogP contribution in [0.3, 0.4) is 0 Å². The third-order valence-corrected chi connectivity index (χ3v) is 7.41. The molecule has 4 rings (SSSR count). The van der Waals surface area contributed by atoms with E-state index in [-0.39, 0.29) is 11.2 Å². The van der Waals surface area contributed by atoms with E-state index in [2.05, 4.69) is 17.3 Å². The van der Waals surface area contributed by atoms with Gasteiger partial charge in [-0.05, 0) is 36.8 Å². The maximum Gasteiger partial charge on any atom is 0.217 e. The molecule has 2 aliphatic rings. The fourth-order valence-electron chi connectivity index (χ4n) is 3.76. The van der Waals surface area contributed by atoms with Crippen LogP contribution in [0.1, 0.15) is 35.6 Å². The average Bonchev–Trinajstić information content (AvgIpc) is 3.25. The van der Waals surface area contributed by atoms with Gasteiger partial charge in [0.15, 0.2) is 0 Å². The Hall–Kier alpha value is -1.66. The zero-order chi connectivity index (χ0) is 15.9. The Balaban J connectivity index is 1.51. The van der Waals surface area contributed by atoms with Gasteiger partial charge in [0.05, 0.1) is 10.9 Å². The van der Waals surface area contributed by atoms with Crippen molar-refractivity contribution in [3.05, 3.63) is 53.4 Å². The molecule has 6 heteroatoms. The van der Waals surface area contributed by atoms with Crippen LogP contribution in [0.25, 0.3) is 0 Å². The van der Waals surface area contributed by atoms with E-state index >= 15 is 0 Å². The summed E-state index contributed by atoms with van der Waals surface area (Å²) in [6.07, 6.45) is 4.55. The van der Waals surface area contributed by atoms with Crippen molar-refractivity contribution in [2.45, 2.75) is 36.9 Å². The zero-order valence-electron chi connectivity index (χ0n) is 12.9. The van der Waals surface area contributed by atoms with E-state index in [9.17, 15) is 8.42 Å².